The van der Waals surface area contributed by atoms with Crippen molar-refractivity contribution in [3.05, 3.63) is 63.9 Å². The number of pyridine rings is 1. The zero-order valence-electron chi connectivity index (χ0n) is 17.2. The first-order valence-corrected chi connectivity index (χ1v) is 10.4. The Morgan fingerprint density at radius 2 is 1.81 bits per heavy atom. The summed E-state index contributed by atoms with van der Waals surface area (Å²) in [5.41, 5.74) is 8.16. The van der Waals surface area contributed by atoms with E-state index in [1.807, 2.05) is 37.4 Å². The largest absolute Gasteiger partial charge is 0.382 e. The zero-order chi connectivity index (χ0) is 22.0. The molecule has 2 N–H and O–H groups in total. The highest BCUT2D eigenvalue weighted by atomic mass is 35.5. The van der Waals surface area contributed by atoms with Crippen LogP contribution in [0.1, 0.15) is 0 Å². The molecule has 1 saturated heterocycles. The first kappa shape index (κ1) is 21.0. The normalized spacial score (nSPS) is 14.6. The molecule has 8 nitrogen and oxygen atoms in total. The number of hydrogen-bond acceptors (Lipinski definition) is 6. The predicted molar refractivity (Wildman–Crippen MR) is 121 cm³/mol. The van der Waals surface area contributed by atoms with Gasteiger partial charge < -0.3 is 15.5 Å². The van der Waals surface area contributed by atoms with Crippen LogP contribution in [0.2, 0.25) is 5.02 Å². The first-order valence-electron chi connectivity index (χ1n) is 9.98. The highest BCUT2D eigenvalue weighted by Gasteiger charge is 2.21. The number of anilines is 1. The molecule has 0 bridgehead atoms. The summed E-state index contributed by atoms with van der Waals surface area (Å²) < 4.78 is 1.19. The van der Waals surface area contributed by atoms with Gasteiger partial charge in [-0.1, -0.05) is 41.9 Å². The molecule has 9 heteroatoms. The molecule has 1 aliphatic rings. The molecule has 0 radical (unpaired) electrons. The summed E-state index contributed by atoms with van der Waals surface area (Å²) in [6.07, 6.45) is 0. The number of piperazine rings is 1. The maximum Gasteiger partial charge on any atom is 0.267 e. The molecule has 1 aromatic carbocycles. The van der Waals surface area contributed by atoms with Crippen LogP contribution < -0.4 is 11.3 Å². The van der Waals surface area contributed by atoms with Crippen LogP contribution in [0.3, 0.4) is 0 Å². The molecule has 3 heterocycles. The Morgan fingerprint density at radius 1 is 1.10 bits per heavy atom. The molecule has 31 heavy (non-hydrogen) atoms. The van der Waals surface area contributed by atoms with Crippen LogP contribution in [-0.2, 0) is 11.3 Å². The van der Waals surface area contributed by atoms with Crippen LogP contribution >= 0.6 is 11.6 Å². The molecule has 3 aromatic rings. The summed E-state index contributed by atoms with van der Waals surface area (Å²) in [6.45, 7) is 2.78. The van der Waals surface area contributed by atoms with Crippen molar-refractivity contribution in [1.29, 1.82) is 0 Å². The van der Waals surface area contributed by atoms with Crippen LogP contribution in [0.5, 0.6) is 0 Å². The molecular formula is C22H23ClN6O2. The molecule has 0 saturated carbocycles. The lowest BCUT2D eigenvalue weighted by molar-refractivity contribution is -0.133. The third-order valence-corrected chi connectivity index (χ3v) is 5.64. The van der Waals surface area contributed by atoms with Gasteiger partial charge in [-0.05, 0) is 19.2 Å². The van der Waals surface area contributed by atoms with E-state index in [1.54, 1.807) is 17.0 Å². The van der Waals surface area contributed by atoms with Crippen LogP contribution in [0.15, 0.2) is 53.3 Å². The lowest BCUT2D eigenvalue weighted by atomic mass is 10.0. The van der Waals surface area contributed by atoms with Crippen LogP contribution in [0, 0.1) is 0 Å². The molecule has 4 rings (SSSR count). The second-order valence-corrected chi connectivity index (χ2v) is 7.92. The van der Waals surface area contributed by atoms with Gasteiger partial charge in [0, 0.05) is 43.4 Å². The molecule has 1 amide bonds. The van der Waals surface area contributed by atoms with E-state index in [9.17, 15) is 9.59 Å². The van der Waals surface area contributed by atoms with E-state index in [0.29, 0.717) is 35.1 Å². The zero-order valence-corrected chi connectivity index (χ0v) is 17.9. The Morgan fingerprint density at radius 3 is 2.52 bits per heavy atom. The molecule has 2 aromatic heterocycles. The quantitative estimate of drug-likeness (QED) is 0.669. The maximum absolute atomic E-state index is 12.7. The highest BCUT2D eigenvalue weighted by molar-refractivity contribution is 6.33. The minimum absolute atomic E-state index is 0.118. The average Bonchev–Trinajstić information content (AvgIpc) is 2.78. The van der Waals surface area contributed by atoms with E-state index in [-0.39, 0.29) is 23.8 Å². The van der Waals surface area contributed by atoms with E-state index < -0.39 is 0 Å². The summed E-state index contributed by atoms with van der Waals surface area (Å²) >= 11 is 6.24. The third kappa shape index (κ3) is 4.60. The van der Waals surface area contributed by atoms with Crippen molar-refractivity contribution in [2.24, 2.45) is 0 Å². The monoisotopic (exact) mass is 438 g/mol. The Kier molecular flexibility index (Phi) is 6.01. The number of aromatic nitrogens is 3. The number of nitrogens with zero attached hydrogens (tertiary/aromatic N) is 5. The molecule has 1 aliphatic heterocycles. The van der Waals surface area contributed by atoms with E-state index in [4.69, 9.17) is 17.3 Å². The standard InChI is InChI=1S/C22H23ClN6O2/c1-27-9-11-28(12-10-27)20(31)14-29-19(30)8-7-18(26-29)16-13-17(23)22(24)25-21(16)15-5-3-2-4-6-15/h2-8,13H,9-12,14H2,1H3,(H2,24,25). The van der Waals surface area contributed by atoms with Crippen molar-refractivity contribution in [2.45, 2.75) is 6.54 Å². The molecule has 160 valence electrons. The second-order valence-electron chi connectivity index (χ2n) is 7.52. The minimum Gasteiger partial charge on any atom is -0.382 e. The summed E-state index contributed by atoms with van der Waals surface area (Å²) in [5.74, 6) is 0.0828. The number of hydrogen-bond donors (Lipinski definition) is 1. The molecule has 0 spiro atoms. The number of nitrogen functional groups attached to an aromatic ring is 1. The molecule has 1 fully saturated rings. The third-order valence-electron chi connectivity index (χ3n) is 5.33. The lowest BCUT2D eigenvalue weighted by Gasteiger charge is -2.32. The number of likely N-dealkylation sites (N-methyl/N-ethyl adjacent to an activating group) is 1. The maximum atomic E-state index is 12.7. The fourth-order valence-corrected chi connectivity index (χ4v) is 3.66. The fraction of sp³-hybridized carbons (Fsp3) is 0.273. The number of rotatable bonds is 4. The fourth-order valence-electron chi connectivity index (χ4n) is 3.50. The van der Waals surface area contributed by atoms with Crippen LogP contribution in [-0.4, -0.2) is 63.7 Å². The molecule has 0 aliphatic carbocycles. The number of carbonyl (C=O) groups excluding carboxylic acids is 1. The molecule has 0 unspecified atom stereocenters. The van der Waals surface area contributed by atoms with Gasteiger partial charge in [0.2, 0.25) is 5.91 Å². The van der Waals surface area contributed by atoms with E-state index in [2.05, 4.69) is 15.0 Å². The Balaban J connectivity index is 1.69. The van der Waals surface area contributed by atoms with E-state index >= 15 is 0 Å². The second kappa shape index (κ2) is 8.87. The van der Waals surface area contributed by atoms with Crippen molar-refractivity contribution in [1.82, 2.24) is 24.6 Å². The van der Waals surface area contributed by atoms with Crippen molar-refractivity contribution in [2.75, 3.05) is 39.0 Å². The van der Waals surface area contributed by atoms with Crippen molar-refractivity contribution < 1.29 is 4.79 Å². The SMILES string of the molecule is CN1CCN(C(=O)Cn2nc(-c3cc(Cl)c(N)nc3-c3ccccc3)ccc2=O)CC1. The van der Waals surface area contributed by atoms with Gasteiger partial charge in [0.1, 0.15) is 12.4 Å². The summed E-state index contributed by atoms with van der Waals surface area (Å²) in [5, 5.41) is 4.75. The Labute approximate surface area is 184 Å². The van der Waals surface area contributed by atoms with Gasteiger partial charge in [0.15, 0.2) is 0 Å². The first-order chi connectivity index (χ1) is 14.9. The molecular weight excluding hydrogens is 416 g/mol. The number of amides is 1. The van der Waals surface area contributed by atoms with Crippen molar-refractivity contribution in [3.8, 4) is 22.5 Å². The van der Waals surface area contributed by atoms with Crippen LogP contribution in [0.25, 0.3) is 22.5 Å². The Hall–Kier alpha value is -3.23. The van der Waals surface area contributed by atoms with Crippen molar-refractivity contribution in [3.63, 3.8) is 0 Å². The van der Waals surface area contributed by atoms with Gasteiger partial charge in [-0.3, -0.25) is 9.59 Å². The van der Waals surface area contributed by atoms with Crippen LogP contribution in [0.4, 0.5) is 5.82 Å². The van der Waals surface area contributed by atoms with E-state index in [1.165, 1.54) is 10.7 Å². The van der Waals surface area contributed by atoms with E-state index in [0.717, 1.165) is 18.7 Å². The van der Waals surface area contributed by atoms with Gasteiger partial charge in [-0.25, -0.2) is 9.67 Å². The average molecular weight is 439 g/mol. The minimum atomic E-state index is -0.345. The topological polar surface area (TPSA) is 97.3 Å². The van der Waals surface area contributed by atoms with Gasteiger partial charge in [0.25, 0.3) is 5.56 Å². The lowest BCUT2D eigenvalue weighted by Crippen LogP contribution is -2.48. The number of benzene rings is 1. The number of halogens is 1. The van der Waals surface area contributed by atoms with Crippen molar-refractivity contribution >= 4 is 23.3 Å². The van der Waals surface area contributed by atoms with Gasteiger partial charge in [-0.15, -0.1) is 0 Å². The number of nitrogens with two attached hydrogens (primary N) is 1. The summed E-state index contributed by atoms with van der Waals surface area (Å²) in [6, 6.07) is 14.2. The molecule has 0 atom stereocenters. The van der Waals surface area contributed by atoms with Gasteiger partial charge in [-0.2, -0.15) is 5.10 Å². The summed E-state index contributed by atoms with van der Waals surface area (Å²) in [4.78, 5) is 33.5. The number of carbonyl (C=O) groups is 1. The highest BCUT2D eigenvalue weighted by Crippen LogP contribution is 2.33. The van der Waals surface area contributed by atoms with Gasteiger partial charge >= 0.3 is 0 Å². The Bertz CT molecular complexity index is 1160. The predicted octanol–water partition coefficient (Wildman–Crippen LogP) is 1.98. The van der Waals surface area contributed by atoms with Gasteiger partial charge in [0.05, 0.1) is 16.4 Å². The summed E-state index contributed by atoms with van der Waals surface area (Å²) in [7, 11) is 2.02. The smallest absolute Gasteiger partial charge is 0.267 e.